The fraction of sp³-hybridized carbons (Fsp3) is 0.0323. The molecule has 0 aliphatic carbocycles. The average molecular weight is 470 g/mol. The fourth-order valence-electron chi connectivity index (χ4n) is 6.54. The van der Waals surface area contributed by atoms with E-state index in [1.165, 1.54) is 18.2 Å². The molecule has 168 valence electrons. The molecule has 0 radical (unpaired) electrons. The van der Waals surface area contributed by atoms with Crippen molar-refractivity contribution in [3.05, 3.63) is 120 Å². The molecule has 2 aliphatic rings. The van der Waals surface area contributed by atoms with E-state index in [1.54, 1.807) is 6.07 Å². The molecule has 5 heteroatoms. The molecule has 0 fully saturated rings. The number of benzene rings is 4. The van der Waals surface area contributed by atoms with Crippen LogP contribution in [-0.2, 0) is 0 Å². The summed E-state index contributed by atoms with van der Waals surface area (Å²) in [6.07, 6.45) is 6.29. The minimum absolute atomic E-state index is 0.201. The maximum Gasteiger partial charge on any atom is 0.452 e. The number of hydrogen-bond acceptors (Lipinski definition) is 1. The summed E-state index contributed by atoms with van der Waals surface area (Å²) in [5.74, 6) is 0.0283. The molecule has 1 atom stereocenters. The molecule has 3 aromatic heterocycles. The largest absolute Gasteiger partial charge is 0.455 e. The van der Waals surface area contributed by atoms with Crippen LogP contribution >= 0.6 is 0 Å². The molecule has 0 spiro atoms. The Morgan fingerprint density at radius 1 is 0.667 bits per heavy atom. The normalized spacial score (nSPS) is 15.9. The van der Waals surface area contributed by atoms with E-state index >= 15 is 4.39 Å². The Morgan fingerprint density at radius 3 is 2.39 bits per heavy atom. The molecule has 2 aliphatic heterocycles. The third-order valence-electron chi connectivity index (χ3n) is 7.87. The lowest BCUT2D eigenvalue weighted by Crippen LogP contribution is -2.54. The van der Waals surface area contributed by atoms with E-state index in [9.17, 15) is 4.39 Å². The molecular formula is C31H16F2N2O+2. The van der Waals surface area contributed by atoms with Crippen molar-refractivity contribution in [3.8, 4) is 11.3 Å². The van der Waals surface area contributed by atoms with E-state index in [4.69, 9.17) is 4.42 Å². The van der Waals surface area contributed by atoms with Crippen molar-refractivity contribution in [1.29, 1.82) is 0 Å². The van der Waals surface area contributed by atoms with Crippen LogP contribution in [0.4, 0.5) is 8.78 Å². The molecule has 0 saturated heterocycles. The third kappa shape index (κ3) is 2.09. The van der Waals surface area contributed by atoms with Gasteiger partial charge in [-0.05, 0) is 52.2 Å². The number of hydrogen-bond donors (Lipinski definition) is 0. The summed E-state index contributed by atoms with van der Waals surface area (Å²) >= 11 is 0. The summed E-state index contributed by atoms with van der Waals surface area (Å²) < 4.78 is 40.7. The van der Waals surface area contributed by atoms with Gasteiger partial charge < -0.3 is 4.42 Å². The monoisotopic (exact) mass is 470 g/mol. The van der Waals surface area contributed by atoms with Gasteiger partial charge in [0, 0.05) is 35.6 Å². The zero-order chi connectivity index (χ0) is 23.7. The second kappa shape index (κ2) is 6.13. The second-order valence-corrected chi connectivity index (χ2v) is 9.67. The van der Waals surface area contributed by atoms with Crippen molar-refractivity contribution >= 4 is 43.6 Å². The highest BCUT2D eigenvalue weighted by Crippen LogP contribution is 2.47. The van der Waals surface area contributed by atoms with E-state index in [2.05, 4.69) is 39.6 Å². The molecule has 36 heavy (non-hydrogen) atoms. The van der Waals surface area contributed by atoms with Crippen molar-refractivity contribution in [1.82, 2.24) is 0 Å². The topological polar surface area (TPSA) is 20.9 Å². The summed E-state index contributed by atoms with van der Waals surface area (Å²) in [6, 6.07) is 22.5. The first-order valence-corrected chi connectivity index (χ1v) is 11.9. The van der Waals surface area contributed by atoms with Gasteiger partial charge >= 0.3 is 5.82 Å². The van der Waals surface area contributed by atoms with Crippen LogP contribution in [0.25, 0.3) is 54.9 Å². The van der Waals surface area contributed by atoms with Crippen LogP contribution in [0, 0.1) is 17.5 Å². The van der Waals surface area contributed by atoms with E-state index in [0.29, 0.717) is 21.9 Å². The minimum atomic E-state index is -0.397. The molecule has 2 bridgehead atoms. The molecule has 9 rings (SSSR count). The van der Waals surface area contributed by atoms with Crippen LogP contribution in [0.5, 0.6) is 0 Å². The summed E-state index contributed by atoms with van der Waals surface area (Å²) in [5.41, 5.74) is 6.26. The van der Waals surface area contributed by atoms with Crippen LogP contribution in [0.15, 0.2) is 95.7 Å². The molecule has 0 amide bonds. The van der Waals surface area contributed by atoms with Gasteiger partial charge in [-0.15, -0.1) is 9.13 Å². The van der Waals surface area contributed by atoms with Crippen molar-refractivity contribution in [3.63, 3.8) is 0 Å². The summed E-state index contributed by atoms with van der Waals surface area (Å²) in [6.45, 7) is 0. The van der Waals surface area contributed by atoms with Crippen LogP contribution < -0.4 is 9.13 Å². The standard InChI is InChI=1S/C31H16F2N2O/c32-16-11-21-20-15-27(34-9-4-3-7-24(34)19-6-2-1-5-18(19)20)35-10-8-25-30-29-23(13-17(33)14-26(29)36-25)22(12-16)28(21)31(30)35/h1-15,20H/q+2. The molecular weight excluding hydrogens is 454 g/mol. The highest BCUT2D eigenvalue weighted by atomic mass is 19.1. The predicted octanol–water partition coefficient (Wildman–Crippen LogP) is 6.47. The van der Waals surface area contributed by atoms with E-state index < -0.39 is 5.82 Å². The summed E-state index contributed by atoms with van der Waals surface area (Å²) in [4.78, 5) is 0. The Morgan fingerprint density at radius 2 is 1.47 bits per heavy atom. The lowest BCUT2D eigenvalue weighted by Gasteiger charge is -2.17. The van der Waals surface area contributed by atoms with E-state index in [1.807, 2.05) is 36.5 Å². The number of pyridine rings is 2. The first-order valence-electron chi connectivity index (χ1n) is 11.9. The highest BCUT2D eigenvalue weighted by molar-refractivity contribution is 6.31. The maximum absolute atomic E-state index is 15.4. The molecule has 7 aromatic rings. The number of furan rings is 1. The molecule has 0 saturated carbocycles. The quantitative estimate of drug-likeness (QED) is 0.184. The number of nitrogens with zero attached hydrogens (tertiary/aromatic N) is 2. The van der Waals surface area contributed by atoms with Crippen molar-refractivity contribution in [2.75, 3.05) is 0 Å². The van der Waals surface area contributed by atoms with E-state index in [0.717, 1.165) is 49.9 Å². The Hall–Kier alpha value is -4.64. The molecule has 0 N–H and O–H groups in total. The van der Waals surface area contributed by atoms with E-state index in [-0.39, 0.29) is 11.7 Å². The SMILES string of the molecule is Fc1cc2c3c(c1)c1cc(F)cc4oc5cc[n+](c3c5c41)C1=CC2c2ccccc2-c2cccc[n+]21. The first-order chi connectivity index (χ1) is 17.7. The Kier molecular flexibility index (Phi) is 3.18. The smallest absolute Gasteiger partial charge is 0.452 e. The van der Waals surface area contributed by atoms with Gasteiger partial charge in [-0.25, -0.2) is 8.78 Å². The van der Waals surface area contributed by atoms with Gasteiger partial charge in [0.2, 0.25) is 11.2 Å². The fourth-order valence-corrected chi connectivity index (χ4v) is 6.54. The van der Waals surface area contributed by atoms with Gasteiger partial charge in [0.15, 0.2) is 12.4 Å². The molecule has 4 aromatic carbocycles. The number of rotatable bonds is 0. The van der Waals surface area contributed by atoms with Gasteiger partial charge in [0.05, 0.1) is 17.0 Å². The Labute approximate surface area is 203 Å². The molecule has 5 heterocycles. The van der Waals surface area contributed by atoms with Crippen molar-refractivity contribution < 1.29 is 22.3 Å². The molecule has 3 nitrogen and oxygen atoms in total. The van der Waals surface area contributed by atoms with Crippen LogP contribution in [-0.4, -0.2) is 0 Å². The zero-order valence-corrected chi connectivity index (χ0v) is 18.8. The Bertz CT molecular complexity index is 2140. The third-order valence-corrected chi connectivity index (χ3v) is 7.87. The highest BCUT2D eigenvalue weighted by Gasteiger charge is 2.41. The number of halogens is 2. The second-order valence-electron chi connectivity index (χ2n) is 9.67. The maximum atomic E-state index is 15.4. The molecule has 1 unspecified atom stereocenters. The lowest BCUT2D eigenvalue weighted by molar-refractivity contribution is -0.819. The van der Waals surface area contributed by atoms with Gasteiger partial charge in [0.1, 0.15) is 28.2 Å². The van der Waals surface area contributed by atoms with Crippen LogP contribution in [0.2, 0.25) is 0 Å². The van der Waals surface area contributed by atoms with Gasteiger partial charge in [-0.3, -0.25) is 0 Å². The van der Waals surface area contributed by atoms with Crippen molar-refractivity contribution in [2.45, 2.75) is 5.92 Å². The van der Waals surface area contributed by atoms with Gasteiger partial charge in [0.25, 0.3) is 0 Å². The van der Waals surface area contributed by atoms with Crippen molar-refractivity contribution in [2.24, 2.45) is 0 Å². The average Bonchev–Trinajstić information content (AvgIpc) is 3.11. The van der Waals surface area contributed by atoms with Gasteiger partial charge in [-0.2, -0.15) is 0 Å². The van der Waals surface area contributed by atoms with Crippen LogP contribution in [0.3, 0.4) is 0 Å². The lowest BCUT2D eigenvalue weighted by atomic mass is 9.83. The number of fused-ring (bicyclic) bond motifs is 9. The Balaban J connectivity index is 1.62. The number of aromatic nitrogens is 2. The minimum Gasteiger partial charge on any atom is -0.455 e. The first kappa shape index (κ1) is 18.7. The summed E-state index contributed by atoms with van der Waals surface area (Å²) in [7, 11) is 0. The summed E-state index contributed by atoms with van der Waals surface area (Å²) in [5, 5.41) is 4.05. The van der Waals surface area contributed by atoms with Crippen LogP contribution in [0.1, 0.15) is 17.0 Å². The predicted molar refractivity (Wildman–Crippen MR) is 133 cm³/mol. The zero-order valence-electron chi connectivity index (χ0n) is 18.8. The number of allylic oxidation sites excluding steroid dienone is 1. The van der Waals surface area contributed by atoms with Gasteiger partial charge in [-0.1, -0.05) is 18.2 Å².